The molecule has 0 saturated heterocycles. The van der Waals surface area contributed by atoms with Crippen molar-refractivity contribution in [3.05, 3.63) is 62.3 Å². The van der Waals surface area contributed by atoms with Crippen LogP contribution >= 0.6 is 22.9 Å². The number of thiazole rings is 1. The number of aromatic nitrogens is 3. The monoisotopic (exact) mass is 379 g/mol. The molecule has 4 nitrogen and oxygen atoms in total. The van der Waals surface area contributed by atoms with Crippen LogP contribution in [0.3, 0.4) is 0 Å². The van der Waals surface area contributed by atoms with Crippen LogP contribution in [-0.2, 0) is 22.3 Å². The van der Waals surface area contributed by atoms with Crippen LogP contribution in [0.2, 0.25) is 5.15 Å². The molecule has 3 rings (SSSR count). The second-order valence-corrected chi connectivity index (χ2v) is 8.67. The predicted molar refractivity (Wildman–Crippen MR) is 100 cm³/mol. The van der Waals surface area contributed by atoms with E-state index >= 15 is 0 Å². The van der Waals surface area contributed by atoms with Gasteiger partial charge in [0.15, 0.2) is 0 Å². The van der Waals surface area contributed by atoms with Crippen LogP contribution in [0, 0.1) is 20.8 Å². The maximum Gasteiger partial charge on any atom is 0.137 e. The first-order valence-electron chi connectivity index (χ1n) is 7.53. The summed E-state index contributed by atoms with van der Waals surface area (Å²) in [4.78, 5) is 5.47. The second-order valence-electron chi connectivity index (χ2n) is 5.57. The fourth-order valence-corrected chi connectivity index (χ4v) is 5.55. The van der Waals surface area contributed by atoms with Crippen LogP contribution in [0.25, 0.3) is 5.69 Å². The topological polar surface area (TPSA) is 47.8 Å². The molecule has 2 heterocycles. The lowest BCUT2D eigenvalue weighted by Crippen LogP contribution is -2.01. The van der Waals surface area contributed by atoms with Gasteiger partial charge >= 0.3 is 0 Å². The van der Waals surface area contributed by atoms with Crippen LogP contribution in [0.1, 0.15) is 26.8 Å². The van der Waals surface area contributed by atoms with E-state index in [4.69, 9.17) is 11.6 Å². The molecule has 1 unspecified atom stereocenters. The summed E-state index contributed by atoms with van der Waals surface area (Å²) in [5, 5.41) is 6.04. The van der Waals surface area contributed by atoms with Crippen molar-refractivity contribution in [1.82, 2.24) is 14.8 Å². The number of halogens is 1. The smallest absolute Gasteiger partial charge is 0.137 e. The van der Waals surface area contributed by atoms with E-state index in [1.54, 1.807) is 16.0 Å². The molecule has 0 saturated carbocycles. The number of hydrogen-bond donors (Lipinski definition) is 0. The Labute approximate surface area is 153 Å². The van der Waals surface area contributed by atoms with Crippen molar-refractivity contribution < 1.29 is 4.21 Å². The molecule has 126 valence electrons. The molecule has 0 amide bonds. The molecule has 0 aliphatic carbocycles. The predicted octanol–water partition coefficient (Wildman–Crippen LogP) is 4.36. The maximum absolute atomic E-state index is 12.6. The van der Waals surface area contributed by atoms with Crippen molar-refractivity contribution in [2.75, 3.05) is 0 Å². The Morgan fingerprint density at radius 1 is 1.12 bits per heavy atom. The number of nitrogens with zero attached hydrogens (tertiary/aromatic N) is 3. The zero-order valence-corrected chi connectivity index (χ0v) is 16.1. The molecule has 7 heteroatoms. The second kappa shape index (κ2) is 7.17. The van der Waals surface area contributed by atoms with E-state index in [-0.39, 0.29) is 0 Å². The van der Waals surface area contributed by atoms with Crippen LogP contribution in [0.5, 0.6) is 0 Å². The fourth-order valence-electron chi connectivity index (χ4n) is 2.50. The minimum atomic E-state index is -1.05. The lowest BCUT2D eigenvalue weighted by Gasteiger charge is -2.04. The molecule has 0 fully saturated rings. The van der Waals surface area contributed by atoms with Crippen molar-refractivity contribution >= 4 is 33.7 Å². The molecule has 2 aromatic heterocycles. The van der Waals surface area contributed by atoms with Crippen molar-refractivity contribution in [2.45, 2.75) is 32.3 Å². The van der Waals surface area contributed by atoms with E-state index in [0.29, 0.717) is 16.7 Å². The van der Waals surface area contributed by atoms with Crippen LogP contribution in [0.4, 0.5) is 0 Å². The Morgan fingerprint density at radius 2 is 1.83 bits per heavy atom. The Kier molecular flexibility index (Phi) is 5.18. The Balaban J connectivity index is 1.82. The van der Waals surface area contributed by atoms with Gasteiger partial charge < -0.3 is 0 Å². The van der Waals surface area contributed by atoms with E-state index in [2.05, 4.69) is 10.1 Å². The molecule has 0 aliphatic heterocycles. The lowest BCUT2D eigenvalue weighted by atomic mass is 10.3. The van der Waals surface area contributed by atoms with Crippen molar-refractivity contribution in [1.29, 1.82) is 0 Å². The van der Waals surface area contributed by atoms with Crippen molar-refractivity contribution in [2.24, 2.45) is 0 Å². The summed E-state index contributed by atoms with van der Waals surface area (Å²) >= 11 is 8.11. The Morgan fingerprint density at radius 3 is 2.46 bits per heavy atom. The van der Waals surface area contributed by atoms with Crippen molar-refractivity contribution in [3.63, 3.8) is 0 Å². The van der Waals surface area contributed by atoms with Crippen LogP contribution in [0.15, 0.2) is 30.3 Å². The Hall–Kier alpha value is -1.50. The van der Waals surface area contributed by atoms with Gasteiger partial charge in [-0.3, -0.25) is 4.21 Å². The number of benzene rings is 1. The van der Waals surface area contributed by atoms with Gasteiger partial charge in [-0.25, -0.2) is 9.67 Å². The normalized spacial score (nSPS) is 12.5. The van der Waals surface area contributed by atoms with Gasteiger partial charge in [0.2, 0.25) is 0 Å². The van der Waals surface area contributed by atoms with E-state index in [9.17, 15) is 4.21 Å². The van der Waals surface area contributed by atoms with Gasteiger partial charge in [-0.15, -0.1) is 11.3 Å². The van der Waals surface area contributed by atoms with E-state index in [1.807, 2.05) is 51.1 Å². The average Bonchev–Trinajstić information content (AvgIpc) is 3.01. The Bertz CT molecular complexity index is 887. The molecule has 0 spiro atoms. The summed E-state index contributed by atoms with van der Waals surface area (Å²) < 4.78 is 14.3. The molecule has 0 radical (unpaired) electrons. The van der Waals surface area contributed by atoms with Gasteiger partial charge in [-0.05, 0) is 32.9 Å². The molecular formula is C17H18ClN3OS2. The molecule has 0 bridgehead atoms. The molecule has 0 N–H and O–H groups in total. The highest BCUT2D eigenvalue weighted by molar-refractivity contribution is 7.83. The first-order valence-corrected chi connectivity index (χ1v) is 10.2. The summed E-state index contributed by atoms with van der Waals surface area (Å²) in [5.74, 6) is 0.900. The first kappa shape index (κ1) is 17.3. The number of para-hydroxylation sites is 1. The van der Waals surface area contributed by atoms with Gasteiger partial charge in [0, 0.05) is 21.2 Å². The number of hydrogen-bond acceptors (Lipinski definition) is 4. The summed E-state index contributed by atoms with van der Waals surface area (Å²) in [7, 11) is -1.05. The van der Waals surface area contributed by atoms with E-state index < -0.39 is 10.8 Å². The minimum Gasteiger partial charge on any atom is -0.259 e. The molecule has 24 heavy (non-hydrogen) atoms. The molecular weight excluding hydrogens is 362 g/mol. The summed E-state index contributed by atoms with van der Waals surface area (Å²) in [5.41, 5.74) is 3.53. The van der Waals surface area contributed by atoms with Gasteiger partial charge in [0.05, 0.1) is 33.6 Å². The average molecular weight is 380 g/mol. The van der Waals surface area contributed by atoms with E-state index in [1.165, 1.54) is 0 Å². The number of rotatable bonds is 5. The highest BCUT2D eigenvalue weighted by Gasteiger charge is 2.18. The third-order valence-corrected chi connectivity index (χ3v) is 6.58. The third kappa shape index (κ3) is 3.61. The molecule has 1 aromatic carbocycles. The minimum absolute atomic E-state index is 0.397. The summed E-state index contributed by atoms with van der Waals surface area (Å²) in [6.45, 7) is 5.83. The van der Waals surface area contributed by atoms with Gasteiger partial charge in [0.1, 0.15) is 5.15 Å². The highest BCUT2D eigenvalue weighted by Crippen LogP contribution is 2.26. The zero-order valence-electron chi connectivity index (χ0n) is 13.7. The number of aryl methyl sites for hydroxylation is 3. The largest absolute Gasteiger partial charge is 0.259 e. The summed E-state index contributed by atoms with van der Waals surface area (Å²) in [6.07, 6.45) is 0. The van der Waals surface area contributed by atoms with Crippen molar-refractivity contribution in [3.8, 4) is 5.69 Å². The molecule has 1 atom stereocenters. The first-order chi connectivity index (χ1) is 11.5. The van der Waals surface area contributed by atoms with Crippen LogP contribution in [-0.4, -0.2) is 19.0 Å². The fraction of sp³-hybridized carbons (Fsp3) is 0.294. The molecule has 0 aliphatic rings. The SMILES string of the molecule is Cc1nc(C)c(CS(=O)Cc2c(C)nn(-c3ccccc3)c2Cl)s1. The zero-order chi connectivity index (χ0) is 17.3. The van der Waals surface area contributed by atoms with Gasteiger partial charge in [0.25, 0.3) is 0 Å². The van der Waals surface area contributed by atoms with Gasteiger partial charge in [-0.2, -0.15) is 5.10 Å². The standard InChI is InChI=1S/C17H18ClN3OS2/c1-11-15(9-24(22)10-16-12(2)19-13(3)23-16)17(18)21(20-11)14-7-5-4-6-8-14/h4-8H,9-10H2,1-3H3. The van der Waals surface area contributed by atoms with Gasteiger partial charge in [-0.1, -0.05) is 29.8 Å². The van der Waals surface area contributed by atoms with Crippen LogP contribution < -0.4 is 0 Å². The van der Waals surface area contributed by atoms with E-state index in [0.717, 1.165) is 32.5 Å². The lowest BCUT2D eigenvalue weighted by molar-refractivity contribution is 0.682. The third-order valence-electron chi connectivity index (χ3n) is 3.72. The quantitative estimate of drug-likeness (QED) is 0.661. The maximum atomic E-state index is 12.6. The summed E-state index contributed by atoms with van der Waals surface area (Å²) in [6, 6.07) is 9.72. The highest BCUT2D eigenvalue weighted by atomic mass is 35.5. The molecule has 3 aromatic rings.